The van der Waals surface area contributed by atoms with Gasteiger partial charge < -0.3 is 5.32 Å². The quantitative estimate of drug-likeness (QED) is 0.807. The van der Waals surface area contributed by atoms with Crippen LogP contribution in [0.2, 0.25) is 0 Å². The zero-order chi connectivity index (χ0) is 15.5. The lowest BCUT2D eigenvalue weighted by Gasteiger charge is -2.19. The third-order valence-electron chi connectivity index (χ3n) is 4.06. The second-order valence-electron chi connectivity index (χ2n) is 6.26. The van der Waals surface area contributed by atoms with E-state index in [-0.39, 0.29) is 6.04 Å². The monoisotopic (exact) mass is 330 g/mol. The molecule has 1 unspecified atom stereocenters. The molecule has 1 fully saturated rings. The number of nitrogens with one attached hydrogen (secondary N) is 2. The van der Waals surface area contributed by atoms with Gasteiger partial charge in [0.15, 0.2) is 0 Å². The third-order valence-corrected chi connectivity index (χ3v) is 7.10. The Balaban J connectivity index is 1.98. The first kappa shape index (κ1) is 16.9. The smallest absolute Gasteiger partial charge is 0.250 e. The van der Waals surface area contributed by atoms with E-state index in [2.05, 4.69) is 23.9 Å². The fraction of sp³-hybridized carbons (Fsp3) is 0.733. The van der Waals surface area contributed by atoms with Crippen molar-refractivity contribution in [3.8, 4) is 0 Å². The average Bonchev–Trinajstić information content (AvgIpc) is 3.07. The molecule has 0 aliphatic heterocycles. The van der Waals surface area contributed by atoms with Crippen LogP contribution >= 0.6 is 11.3 Å². The van der Waals surface area contributed by atoms with Gasteiger partial charge in [-0.2, -0.15) is 0 Å². The van der Waals surface area contributed by atoms with E-state index in [0.717, 1.165) is 18.4 Å². The Hall–Kier alpha value is -0.430. The van der Waals surface area contributed by atoms with Crippen molar-refractivity contribution < 1.29 is 8.42 Å². The topological polar surface area (TPSA) is 58.2 Å². The molecule has 0 saturated heterocycles. The maximum atomic E-state index is 12.4. The van der Waals surface area contributed by atoms with Gasteiger partial charge >= 0.3 is 0 Å². The summed E-state index contributed by atoms with van der Waals surface area (Å²) in [6, 6.07) is 2.20. The van der Waals surface area contributed by atoms with Gasteiger partial charge in [0.25, 0.3) is 0 Å². The van der Waals surface area contributed by atoms with Crippen molar-refractivity contribution in [1.82, 2.24) is 10.0 Å². The van der Waals surface area contributed by atoms with Crippen molar-refractivity contribution in [1.29, 1.82) is 0 Å². The average molecular weight is 331 g/mol. The summed E-state index contributed by atoms with van der Waals surface area (Å²) in [4.78, 5) is 0. The van der Waals surface area contributed by atoms with Crippen molar-refractivity contribution in [2.45, 2.75) is 69.3 Å². The molecule has 0 amide bonds. The van der Waals surface area contributed by atoms with Crippen LogP contribution in [-0.2, 0) is 16.6 Å². The molecule has 0 bridgehead atoms. The van der Waals surface area contributed by atoms with Crippen LogP contribution in [0, 0.1) is 5.92 Å². The van der Waals surface area contributed by atoms with Crippen molar-refractivity contribution >= 4 is 21.4 Å². The second-order valence-corrected chi connectivity index (χ2v) is 9.12. The molecule has 1 aromatic rings. The van der Waals surface area contributed by atoms with E-state index in [0.29, 0.717) is 22.7 Å². The van der Waals surface area contributed by atoms with Gasteiger partial charge in [-0.15, -0.1) is 11.3 Å². The van der Waals surface area contributed by atoms with Gasteiger partial charge in [-0.1, -0.05) is 26.7 Å². The van der Waals surface area contributed by atoms with Gasteiger partial charge in [0.2, 0.25) is 10.0 Å². The summed E-state index contributed by atoms with van der Waals surface area (Å²) < 4.78 is 28.1. The molecule has 4 nitrogen and oxygen atoms in total. The molecule has 1 aliphatic rings. The van der Waals surface area contributed by atoms with Crippen LogP contribution in [-0.4, -0.2) is 20.5 Å². The van der Waals surface area contributed by atoms with Gasteiger partial charge in [0.05, 0.1) is 0 Å². The molecule has 21 heavy (non-hydrogen) atoms. The second kappa shape index (κ2) is 7.22. The first-order valence-corrected chi connectivity index (χ1v) is 10.1. The Bertz CT molecular complexity index is 546. The number of thiophene rings is 1. The van der Waals surface area contributed by atoms with Crippen molar-refractivity contribution in [3.63, 3.8) is 0 Å². The minimum absolute atomic E-state index is 0.0249. The normalized spacial score (nSPS) is 18.5. The van der Waals surface area contributed by atoms with Crippen molar-refractivity contribution in [3.05, 3.63) is 17.0 Å². The molecule has 2 rings (SSSR count). The molecule has 0 radical (unpaired) electrons. The molecule has 0 spiro atoms. The largest absolute Gasteiger partial charge is 0.310 e. The maximum Gasteiger partial charge on any atom is 0.250 e. The molecular formula is C15H26N2O2S2. The Kier molecular flexibility index (Phi) is 5.82. The predicted molar refractivity (Wildman–Crippen MR) is 88.0 cm³/mol. The molecule has 120 valence electrons. The fourth-order valence-corrected chi connectivity index (χ4v) is 5.30. The van der Waals surface area contributed by atoms with Crippen LogP contribution in [0.5, 0.6) is 0 Å². The minimum atomic E-state index is -3.37. The highest BCUT2D eigenvalue weighted by Crippen LogP contribution is 2.29. The Morgan fingerprint density at radius 1 is 1.29 bits per heavy atom. The predicted octanol–water partition coefficient (Wildman–Crippen LogP) is 3.10. The first-order chi connectivity index (χ1) is 9.88. The summed E-state index contributed by atoms with van der Waals surface area (Å²) >= 11 is 1.30. The summed E-state index contributed by atoms with van der Waals surface area (Å²) in [6.07, 6.45) is 4.72. The molecule has 1 heterocycles. The highest BCUT2D eigenvalue weighted by molar-refractivity contribution is 7.91. The Labute approximate surface area is 132 Å². The number of sulfonamides is 1. The molecule has 1 atom stereocenters. The van der Waals surface area contributed by atoms with Gasteiger partial charge in [-0.25, -0.2) is 13.1 Å². The molecular weight excluding hydrogens is 304 g/mol. The summed E-state index contributed by atoms with van der Waals surface area (Å²) in [6.45, 7) is 6.86. The van der Waals surface area contributed by atoms with Gasteiger partial charge in [0.1, 0.15) is 4.21 Å². The lowest BCUT2D eigenvalue weighted by Crippen LogP contribution is -2.36. The van der Waals surface area contributed by atoms with Crippen LogP contribution in [0.15, 0.2) is 15.7 Å². The molecule has 1 aliphatic carbocycles. The van der Waals surface area contributed by atoms with Crippen LogP contribution < -0.4 is 10.0 Å². The van der Waals surface area contributed by atoms with E-state index in [1.807, 2.05) is 12.3 Å². The molecule has 1 aromatic heterocycles. The number of rotatable bonds is 7. The minimum Gasteiger partial charge on any atom is -0.310 e. The first-order valence-electron chi connectivity index (χ1n) is 7.71. The van der Waals surface area contributed by atoms with Crippen LogP contribution in [0.3, 0.4) is 0 Å². The van der Waals surface area contributed by atoms with Crippen molar-refractivity contribution in [2.75, 3.05) is 0 Å². The Morgan fingerprint density at radius 3 is 2.57 bits per heavy atom. The SMILES string of the molecule is CC(C)NCc1csc(S(=O)(=O)NC(C)C2CCCC2)c1. The standard InChI is InChI=1S/C15H26N2O2S2/c1-11(2)16-9-13-8-15(20-10-13)21(18,19)17-12(3)14-6-4-5-7-14/h8,10-12,14,16-17H,4-7,9H2,1-3H3. The fourth-order valence-electron chi connectivity index (χ4n) is 2.77. The molecule has 0 aromatic carbocycles. The highest BCUT2D eigenvalue weighted by atomic mass is 32.2. The zero-order valence-corrected chi connectivity index (χ0v) is 14.7. The van der Waals surface area contributed by atoms with E-state index in [9.17, 15) is 8.42 Å². The van der Waals surface area contributed by atoms with E-state index in [4.69, 9.17) is 0 Å². The maximum absolute atomic E-state index is 12.4. The van der Waals surface area contributed by atoms with E-state index in [1.54, 1.807) is 6.07 Å². The number of hydrogen-bond acceptors (Lipinski definition) is 4. The van der Waals surface area contributed by atoms with Crippen molar-refractivity contribution in [2.24, 2.45) is 5.92 Å². The summed E-state index contributed by atoms with van der Waals surface area (Å²) in [5, 5.41) is 5.22. The summed E-state index contributed by atoms with van der Waals surface area (Å²) in [5.41, 5.74) is 1.03. The molecule has 1 saturated carbocycles. The zero-order valence-electron chi connectivity index (χ0n) is 13.1. The molecule has 2 N–H and O–H groups in total. The highest BCUT2D eigenvalue weighted by Gasteiger charge is 2.26. The lowest BCUT2D eigenvalue weighted by molar-refractivity contribution is 0.424. The molecule has 6 heteroatoms. The van der Waals surface area contributed by atoms with Crippen LogP contribution in [0.1, 0.15) is 52.0 Å². The van der Waals surface area contributed by atoms with Gasteiger partial charge in [-0.05, 0) is 42.7 Å². The lowest BCUT2D eigenvalue weighted by atomic mass is 10.0. The van der Waals surface area contributed by atoms with E-state index >= 15 is 0 Å². The third kappa shape index (κ3) is 4.77. The van der Waals surface area contributed by atoms with Crippen LogP contribution in [0.4, 0.5) is 0 Å². The summed E-state index contributed by atoms with van der Waals surface area (Å²) in [7, 11) is -3.37. The van der Waals surface area contributed by atoms with E-state index in [1.165, 1.54) is 24.2 Å². The number of hydrogen-bond donors (Lipinski definition) is 2. The van der Waals surface area contributed by atoms with E-state index < -0.39 is 10.0 Å². The van der Waals surface area contributed by atoms with Gasteiger partial charge in [-0.3, -0.25) is 0 Å². The Morgan fingerprint density at radius 2 is 1.95 bits per heavy atom. The van der Waals surface area contributed by atoms with Crippen LogP contribution in [0.25, 0.3) is 0 Å². The van der Waals surface area contributed by atoms with Gasteiger partial charge in [0, 0.05) is 18.6 Å². The summed E-state index contributed by atoms with van der Waals surface area (Å²) in [5.74, 6) is 0.488.